The smallest absolute Gasteiger partial charge is 0.336 e. The maximum atomic E-state index is 12.6. The van der Waals surface area contributed by atoms with Crippen molar-refractivity contribution in [2.24, 2.45) is 0 Å². The van der Waals surface area contributed by atoms with E-state index >= 15 is 0 Å². The number of aryl methyl sites for hydroxylation is 1. The Kier molecular flexibility index (Phi) is 6.27. The Balaban J connectivity index is 1.73. The zero-order chi connectivity index (χ0) is 21.7. The van der Waals surface area contributed by atoms with Crippen LogP contribution in [0.4, 0.5) is 5.69 Å². The fraction of sp³-hybridized carbons (Fsp3) is 0.125. The lowest BCUT2D eigenvalue weighted by Crippen LogP contribution is -2.22. The van der Waals surface area contributed by atoms with Crippen LogP contribution in [-0.4, -0.2) is 29.9 Å². The number of amides is 2. The fourth-order valence-electron chi connectivity index (χ4n) is 3.05. The van der Waals surface area contributed by atoms with Crippen molar-refractivity contribution in [3.8, 4) is 0 Å². The lowest BCUT2D eigenvalue weighted by molar-refractivity contribution is 0.0690. The fourth-order valence-corrected chi connectivity index (χ4v) is 3.05. The van der Waals surface area contributed by atoms with Crippen molar-refractivity contribution in [2.45, 2.75) is 13.3 Å². The number of carbonyl (C=O) groups excluding carboxylic acids is 2. The number of aromatic carboxylic acids is 1. The number of carboxylic acid groups (broad SMARTS) is 1. The number of carboxylic acids is 1. The molecule has 0 radical (unpaired) electrons. The SMILES string of the molecule is CNC(=O)c1cc(C(=O)Nc2ccc(Cc3ccc(C)cc3)cc2)ccc1C(=O)O. The zero-order valence-corrected chi connectivity index (χ0v) is 16.7. The van der Waals surface area contributed by atoms with E-state index in [1.165, 1.54) is 36.4 Å². The van der Waals surface area contributed by atoms with Gasteiger partial charge in [0.1, 0.15) is 0 Å². The summed E-state index contributed by atoms with van der Waals surface area (Å²) in [5.41, 5.74) is 4.12. The van der Waals surface area contributed by atoms with Crippen LogP contribution >= 0.6 is 0 Å². The van der Waals surface area contributed by atoms with Gasteiger partial charge in [0.2, 0.25) is 0 Å². The molecule has 0 unspecified atom stereocenters. The molecule has 0 saturated heterocycles. The summed E-state index contributed by atoms with van der Waals surface area (Å²) in [4.78, 5) is 35.9. The van der Waals surface area contributed by atoms with E-state index < -0.39 is 17.8 Å². The summed E-state index contributed by atoms with van der Waals surface area (Å²) in [6.45, 7) is 2.05. The molecule has 0 aliphatic rings. The molecule has 3 aromatic carbocycles. The molecule has 152 valence electrons. The summed E-state index contributed by atoms with van der Waals surface area (Å²) in [5, 5.41) is 14.4. The van der Waals surface area contributed by atoms with Gasteiger partial charge in [-0.3, -0.25) is 9.59 Å². The van der Waals surface area contributed by atoms with Crippen LogP contribution in [0, 0.1) is 6.92 Å². The second-order valence-corrected chi connectivity index (χ2v) is 6.96. The summed E-state index contributed by atoms with van der Waals surface area (Å²) in [6.07, 6.45) is 0.792. The molecule has 0 aliphatic carbocycles. The van der Waals surface area contributed by atoms with Crippen LogP contribution in [0.2, 0.25) is 0 Å². The van der Waals surface area contributed by atoms with Gasteiger partial charge in [0, 0.05) is 18.3 Å². The average molecular weight is 402 g/mol. The Morgan fingerprint density at radius 2 is 1.40 bits per heavy atom. The minimum Gasteiger partial charge on any atom is -0.478 e. The van der Waals surface area contributed by atoms with Gasteiger partial charge in [0.25, 0.3) is 11.8 Å². The maximum Gasteiger partial charge on any atom is 0.336 e. The average Bonchev–Trinajstić information content (AvgIpc) is 2.75. The minimum absolute atomic E-state index is 0.0638. The van der Waals surface area contributed by atoms with E-state index in [4.69, 9.17) is 0 Å². The van der Waals surface area contributed by atoms with Crippen LogP contribution in [0.25, 0.3) is 0 Å². The van der Waals surface area contributed by atoms with Gasteiger partial charge in [0.05, 0.1) is 11.1 Å². The van der Waals surface area contributed by atoms with Crippen LogP contribution < -0.4 is 10.6 Å². The van der Waals surface area contributed by atoms with Gasteiger partial charge in [-0.1, -0.05) is 42.0 Å². The summed E-state index contributed by atoms with van der Waals surface area (Å²) in [6, 6.07) is 19.8. The summed E-state index contributed by atoms with van der Waals surface area (Å²) >= 11 is 0. The second-order valence-electron chi connectivity index (χ2n) is 6.96. The van der Waals surface area contributed by atoms with Crippen LogP contribution in [0.1, 0.15) is 47.8 Å². The highest BCUT2D eigenvalue weighted by Crippen LogP contribution is 2.17. The minimum atomic E-state index is -1.23. The number of hydrogen-bond donors (Lipinski definition) is 3. The molecule has 0 saturated carbocycles. The molecule has 0 atom stereocenters. The number of nitrogens with one attached hydrogen (secondary N) is 2. The normalized spacial score (nSPS) is 10.3. The highest BCUT2D eigenvalue weighted by Gasteiger charge is 2.18. The van der Waals surface area contributed by atoms with Crippen molar-refractivity contribution in [1.29, 1.82) is 0 Å². The van der Waals surface area contributed by atoms with Crippen molar-refractivity contribution >= 4 is 23.5 Å². The van der Waals surface area contributed by atoms with E-state index in [-0.39, 0.29) is 16.7 Å². The molecule has 2 amide bonds. The summed E-state index contributed by atoms with van der Waals surface area (Å²) in [5.74, 6) is -2.23. The first-order chi connectivity index (χ1) is 14.4. The Labute approximate surface area is 174 Å². The topological polar surface area (TPSA) is 95.5 Å². The van der Waals surface area contributed by atoms with Gasteiger partial charge >= 0.3 is 5.97 Å². The molecule has 3 N–H and O–H groups in total. The van der Waals surface area contributed by atoms with Gasteiger partial charge < -0.3 is 15.7 Å². The standard InChI is InChI=1S/C24H22N2O4/c1-15-3-5-16(6-4-15)13-17-7-10-19(11-8-17)26-22(27)18-9-12-20(24(29)30)21(14-18)23(28)25-2/h3-12,14H,13H2,1-2H3,(H,25,28)(H,26,27)(H,29,30). The molecule has 6 nitrogen and oxygen atoms in total. The predicted molar refractivity (Wildman–Crippen MR) is 115 cm³/mol. The van der Waals surface area contributed by atoms with Gasteiger partial charge in [-0.2, -0.15) is 0 Å². The Bertz CT molecular complexity index is 1090. The van der Waals surface area contributed by atoms with E-state index in [1.54, 1.807) is 0 Å². The second kappa shape index (κ2) is 9.05. The molecule has 0 fully saturated rings. The lowest BCUT2D eigenvalue weighted by atomic mass is 10.0. The lowest BCUT2D eigenvalue weighted by Gasteiger charge is -2.10. The molecule has 3 rings (SSSR count). The quantitative estimate of drug-likeness (QED) is 0.583. The Morgan fingerprint density at radius 1 is 0.800 bits per heavy atom. The molecular weight excluding hydrogens is 380 g/mol. The molecule has 0 spiro atoms. The van der Waals surface area contributed by atoms with E-state index in [9.17, 15) is 19.5 Å². The molecule has 0 aliphatic heterocycles. The summed E-state index contributed by atoms with van der Waals surface area (Å²) < 4.78 is 0. The van der Waals surface area contributed by atoms with Crippen molar-refractivity contribution in [3.05, 3.63) is 100 Å². The van der Waals surface area contributed by atoms with E-state index in [1.807, 2.05) is 31.2 Å². The van der Waals surface area contributed by atoms with Gasteiger partial charge in [-0.25, -0.2) is 4.79 Å². The van der Waals surface area contributed by atoms with Crippen LogP contribution in [0.15, 0.2) is 66.7 Å². The molecule has 30 heavy (non-hydrogen) atoms. The van der Waals surface area contributed by atoms with Crippen LogP contribution in [-0.2, 0) is 6.42 Å². The third-order valence-electron chi connectivity index (χ3n) is 4.72. The van der Waals surface area contributed by atoms with E-state index in [0.717, 1.165) is 12.0 Å². The first-order valence-corrected chi connectivity index (χ1v) is 9.42. The van der Waals surface area contributed by atoms with Crippen molar-refractivity contribution in [3.63, 3.8) is 0 Å². The molecule has 0 heterocycles. The monoisotopic (exact) mass is 402 g/mol. The third-order valence-corrected chi connectivity index (χ3v) is 4.72. The first-order valence-electron chi connectivity index (χ1n) is 9.42. The first kappa shape index (κ1) is 20.8. The molecule has 0 aromatic heterocycles. The van der Waals surface area contributed by atoms with Crippen LogP contribution in [0.5, 0.6) is 0 Å². The summed E-state index contributed by atoms with van der Waals surface area (Å²) in [7, 11) is 1.40. The number of carbonyl (C=O) groups is 3. The number of anilines is 1. The third kappa shape index (κ3) is 4.91. The predicted octanol–water partition coefficient (Wildman–Crippen LogP) is 3.90. The zero-order valence-electron chi connectivity index (χ0n) is 16.7. The van der Waals surface area contributed by atoms with Gasteiger partial charge in [-0.05, 0) is 54.8 Å². The largest absolute Gasteiger partial charge is 0.478 e. The van der Waals surface area contributed by atoms with Gasteiger partial charge in [0.15, 0.2) is 0 Å². The molecule has 0 bridgehead atoms. The Hall–Kier alpha value is -3.93. The molecule has 6 heteroatoms. The van der Waals surface area contributed by atoms with Crippen molar-refractivity contribution in [2.75, 3.05) is 12.4 Å². The van der Waals surface area contributed by atoms with E-state index in [2.05, 4.69) is 34.9 Å². The van der Waals surface area contributed by atoms with Crippen molar-refractivity contribution in [1.82, 2.24) is 5.32 Å². The highest BCUT2D eigenvalue weighted by atomic mass is 16.4. The number of benzene rings is 3. The van der Waals surface area contributed by atoms with E-state index in [0.29, 0.717) is 5.69 Å². The van der Waals surface area contributed by atoms with Crippen molar-refractivity contribution < 1.29 is 19.5 Å². The van der Waals surface area contributed by atoms with Crippen LogP contribution in [0.3, 0.4) is 0 Å². The number of hydrogen-bond acceptors (Lipinski definition) is 3. The van der Waals surface area contributed by atoms with Gasteiger partial charge in [-0.15, -0.1) is 0 Å². The maximum absolute atomic E-state index is 12.6. The molecule has 3 aromatic rings. The molecular formula is C24H22N2O4. The highest BCUT2D eigenvalue weighted by molar-refractivity contribution is 6.09. The number of rotatable bonds is 6. The Morgan fingerprint density at radius 3 is 1.97 bits per heavy atom.